The van der Waals surface area contributed by atoms with Crippen LogP contribution in [0.15, 0.2) is 30.3 Å². The molecule has 12 nitrogen and oxygen atoms in total. The number of carbonyl (C=O) groups is 2. The maximum atomic E-state index is 13.8. The molecule has 5 saturated carbocycles. The number of hydrogen-bond acceptors (Lipinski definition) is 12. The molecule has 254 valence electrons. The average molecular weight is 646 g/mol. The molecule has 12 heteroatoms. The summed E-state index contributed by atoms with van der Waals surface area (Å²) < 4.78 is 37.4. The normalized spacial score (nSPS) is 49.9. The number of aliphatic hydroxyl groups excluding tert-OH is 2. The summed E-state index contributed by atoms with van der Waals surface area (Å²) in [7, 11) is 6.27. The van der Waals surface area contributed by atoms with Gasteiger partial charge in [-0.25, -0.2) is 4.79 Å². The second-order valence-electron chi connectivity index (χ2n) is 14.4. The zero-order valence-corrected chi connectivity index (χ0v) is 27.3. The van der Waals surface area contributed by atoms with Crippen molar-refractivity contribution in [1.29, 1.82) is 0 Å². The van der Waals surface area contributed by atoms with Gasteiger partial charge in [0.25, 0.3) is 0 Å². The molecule has 0 aromatic heterocycles. The Labute approximate surface area is 269 Å². The second kappa shape index (κ2) is 10.9. The summed E-state index contributed by atoms with van der Waals surface area (Å²) in [5.41, 5.74) is -4.79. The summed E-state index contributed by atoms with van der Waals surface area (Å²) in [6.45, 7) is 4.68. The molecule has 46 heavy (non-hydrogen) atoms. The van der Waals surface area contributed by atoms with Crippen molar-refractivity contribution in [3.63, 3.8) is 0 Å². The van der Waals surface area contributed by atoms with E-state index in [1.54, 1.807) is 51.7 Å². The highest BCUT2D eigenvalue weighted by Crippen LogP contribution is 2.80. The molecule has 1 heterocycles. The number of nitrogens with zero attached hydrogens (tertiary/aromatic N) is 1. The van der Waals surface area contributed by atoms with Crippen LogP contribution in [0, 0.1) is 34.5 Å². The summed E-state index contributed by atoms with van der Waals surface area (Å²) in [6.07, 6.45) is -5.49. The fourth-order valence-electron chi connectivity index (χ4n) is 12.3. The third kappa shape index (κ3) is 3.62. The molecule has 5 aliphatic carbocycles. The summed E-state index contributed by atoms with van der Waals surface area (Å²) in [4.78, 5) is 29.3. The largest absolute Gasteiger partial charge is 0.455 e. The van der Waals surface area contributed by atoms with Gasteiger partial charge in [-0.3, -0.25) is 9.69 Å². The van der Waals surface area contributed by atoms with E-state index in [1.807, 2.05) is 6.92 Å². The van der Waals surface area contributed by atoms with Crippen molar-refractivity contribution in [1.82, 2.24) is 4.90 Å². The van der Waals surface area contributed by atoms with Gasteiger partial charge in [-0.15, -0.1) is 0 Å². The van der Waals surface area contributed by atoms with Crippen molar-refractivity contribution in [3.8, 4) is 0 Å². The number of fused-ring (bicyclic) bond motifs is 2. The van der Waals surface area contributed by atoms with E-state index in [9.17, 15) is 24.9 Å². The molecular formula is C34H47NO11. The highest BCUT2D eigenvalue weighted by molar-refractivity contribution is 5.89. The minimum Gasteiger partial charge on any atom is -0.455 e. The fourth-order valence-corrected chi connectivity index (χ4v) is 12.3. The van der Waals surface area contributed by atoms with Crippen molar-refractivity contribution < 1.29 is 53.3 Å². The smallest absolute Gasteiger partial charge is 0.338 e. The van der Waals surface area contributed by atoms with Gasteiger partial charge in [0.2, 0.25) is 0 Å². The second-order valence-corrected chi connectivity index (χ2v) is 14.4. The number of piperidine rings is 1. The number of rotatable bonds is 9. The first-order valence-corrected chi connectivity index (χ1v) is 16.3. The molecular weight excluding hydrogens is 598 g/mol. The summed E-state index contributed by atoms with van der Waals surface area (Å²) >= 11 is 0. The van der Waals surface area contributed by atoms with Gasteiger partial charge in [-0.1, -0.05) is 25.1 Å². The first-order chi connectivity index (χ1) is 22.0. The molecule has 7 bridgehead atoms. The van der Waals surface area contributed by atoms with Gasteiger partial charge in [-0.2, -0.15) is 0 Å². The summed E-state index contributed by atoms with van der Waals surface area (Å²) in [5.74, 6) is -3.65. The monoisotopic (exact) mass is 645 g/mol. The minimum atomic E-state index is -1.83. The van der Waals surface area contributed by atoms with Crippen molar-refractivity contribution in [2.75, 3.05) is 48.1 Å². The number of esters is 2. The van der Waals surface area contributed by atoms with Crippen LogP contribution in [0.4, 0.5) is 0 Å². The zero-order valence-electron chi connectivity index (χ0n) is 27.3. The molecule has 0 radical (unpaired) electrons. The van der Waals surface area contributed by atoms with E-state index in [0.29, 0.717) is 25.1 Å². The van der Waals surface area contributed by atoms with Crippen LogP contribution < -0.4 is 0 Å². The van der Waals surface area contributed by atoms with E-state index in [-0.39, 0.29) is 25.0 Å². The molecule has 7 rings (SSSR count). The van der Waals surface area contributed by atoms with Crippen LogP contribution in [0.2, 0.25) is 0 Å². The van der Waals surface area contributed by atoms with Crippen LogP contribution in [-0.4, -0.2) is 134 Å². The third-order valence-corrected chi connectivity index (χ3v) is 13.2. The number of likely N-dealkylation sites (tertiary alicyclic amines) is 1. The Morgan fingerprint density at radius 3 is 2.30 bits per heavy atom. The Morgan fingerprint density at radius 2 is 1.72 bits per heavy atom. The Balaban J connectivity index is 1.53. The highest BCUT2D eigenvalue weighted by Gasteiger charge is 2.92. The Hall–Kier alpha value is -2.16. The molecule has 0 amide bonds. The predicted octanol–water partition coefficient (Wildman–Crippen LogP) is 0.648. The van der Waals surface area contributed by atoms with Crippen molar-refractivity contribution in [2.24, 2.45) is 34.5 Å². The fraction of sp³-hybridized carbons (Fsp3) is 0.765. The number of carbonyl (C=O) groups excluding carboxylic acids is 2. The molecule has 1 spiro atoms. The van der Waals surface area contributed by atoms with Gasteiger partial charge in [0.05, 0.1) is 30.5 Å². The van der Waals surface area contributed by atoms with Crippen molar-refractivity contribution in [3.05, 3.63) is 35.9 Å². The molecule has 1 saturated heterocycles. The van der Waals surface area contributed by atoms with E-state index in [4.69, 9.17) is 28.4 Å². The van der Waals surface area contributed by atoms with Gasteiger partial charge < -0.3 is 43.7 Å². The Morgan fingerprint density at radius 1 is 1.00 bits per heavy atom. The summed E-state index contributed by atoms with van der Waals surface area (Å²) in [6, 6.07) is 8.18. The molecule has 8 unspecified atom stereocenters. The maximum Gasteiger partial charge on any atom is 0.338 e. The zero-order chi connectivity index (χ0) is 33.0. The van der Waals surface area contributed by atoms with E-state index < -0.39 is 88.3 Å². The van der Waals surface area contributed by atoms with Crippen LogP contribution in [0.25, 0.3) is 0 Å². The topological polar surface area (TPSA) is 153 Å². The Kier molecular flexibility index (Phi) is 7.69. The third-order valence-electron chi connectivity index (χ3n) is 13.2. The predicted molar refractivity (Wildman–Crippen MR) is 160 cm³/mol. The van der Waals surface area contributed by atoms with Gasteiger partial charge in [0, 0.05) is 83.0 Å². The molecule has 15 atom stereocenters. The van der Waals surface area contributed by atoms with Gasteiger partial charge >= 0.3 is 11.9 Å². The first kappa shape index (κ1) is 32.4. The molecule has 3 N–H and O–H groups in total. The van der Waals surface area contributed by atoms with E-state index in [1.165, 1.54) is 14.0 Å². The standard InChI is InChI=1S/C34H47NO11/c1-7-35-15-31(16-41-3)20(37)13-21(42-4)33-19-14-32(40)28(45-30(39)18-11-9-8-10-12-18)22(19)34(46-17(2)36,27(38)29(32)44-6)23(26(33)35)24(43-5)25(31)33/h8-12,19-29,37-38,40H,7,13-16H2,1-6H3/t19?,20?,21?,22?,23-,24?,25?,26-,27?,28-,29+,31?,32-,33+,34-/m1/s1. The molecule has 1 aliphatic heterocycles. The lowest BCUT2D eigenvalue weighted by atomic mass is 9.42. The van der Waals surface area contributed by atoms with Gasteiger partial charge in [-0.05, 0) is 31.0 Å². The number of ether oxygens (including phenoxy) is 6. The van der Waals surface area contributed by atoms with Crippen molar-refractivity contribution in [2.45, 2.75) is 80.6 Å². The minimum absolute atomic E-state index is 0.0791. The Bertz CT molecular complexity index is 1360. The average Bonchev–Trinajstić information content (AvgIpc) is 3.41. The van der Waals surface area contributed by atoms with Crippen LogP contribution in [-0.2, 0) is 33.2 Å². The number of methoxy groups -OCH3 is 4. The summed E-state index contributed by atoms with van der Waals surface area (Å²) in [5, 5.41) is 37.3. The van der Waals surface area contributed by atoms with Crippen LogP contribution in [0.1, 0.15) is 37.0 Å². The molecule has 6 fully saturated rings. The van der Waals surface area contributed by atoms with Crippen molar-refractivity contribution >= 4 is 11.9 Å². The van der Waals surface area contributed by atoms with Crippen LogP contribution in [0.3, 0.4) is 0 Å². The first-order valence-electron chi connectivity index (χ1n) is 16.3. The lowest BCUT2D eigenvalue weighted by molar-refractivity contribution is -0.322. The number of benzene rings is 1. The van der Waals surface area contributed by atoms with E-state index in [2.05, 4.69) is 4.90 Å². The molecule has 6 aliphatic rings. The number of aliphatic hydroxyl groups is 3. The molecule has 1 aromatic rings. The number of hydrogen-bond donors (Lipinski definition) is 3. The van der Waals surface area contributed by atoms with Gasteiger partial charge in [0.1, 0.15) is 23.9 Å². The van der Waals surface area contributed by atoms with Gasteiger partial charge in [0.15, 0.2) is 5.60 Å². The SMILES string of the molecule is CCN1CC2(COC)C(O)CC(OC)[C@@]34C5C[C@@]6(O)[C@H](OC(=O)c7ccccc7)C5[C@](OC(C)=O)(C(O)[C@@H]6OC)[C@H](C(OC)C23)[C@@H]14. The highest BCUT2D eigenvalue weighted by atomic mass is 16.6. The molecule has 1 aromatic carbocycles. The maximum absolute atomic E-state index is 13.8. The van der Waals surface area contributed by atoms with Crippen LogP contribution in [0.5, 0.6) is 0 Å². The van der Waals surface area contributed by atoms with E-state index in [0.717, 1.165) is 0 Å². The quantitative estimate of drug-likeness (QED) is 0.323. The van der Waals surface area contributed by atoms with E-state index >= 15 is 0 Å². The lowest BCUT2D eigenvalue weighted by Gasteiger charge is -2.70. The van der Waals surface area contributed by atoms with Crippen LogP contribution >= 0.6 is 0 Å². The lowest BCUT2D eigenvalue weighted by Crippen LogP contribution is -2.81.